The molecule has 7 aromatic rings. The molecule has 0 saturated heterocycles. The summed E-state index contributed by atoms with van der Waals surface area (Å²) in [5.74, 6) is 2.39. The molecule has 0 atom stereocenters. The maximum Gasteiger partial charge on any atom is 0.164 e. The first kappa shape index (κ1) is 24.3. The number of benzene rings is 4. The van der Waals surface area contributed by atoms with Crippen molar-refractivity contribution in [2.24, 2.45) is 0 Å². The van der Waals surface area contributed by atoms with Crippen LogP contribution in [-0.4, -0.2) is 39.9 Å². The van der Waals surface area contributed by atoms with Crippen LogP contribution in [0.2, 0.25) is 0 Å². The number of nitrogens with one attached hydrogen (secondary N) is 2. The van der Waals surface area contributed by atoms with Crippen molar-refractivity contribution >= 4 is 44.1 Å². The Balaban J connectivity index is 0.00000256. The van der Waals surface area contributed by atoms with Gasteiger partial charge in [0.1, 0.15) is 22.6 Å². The first-order chi connectivity index (χ1) is 19.8. The molecular formula is C32H18LuN8. The molecule has 9 rings (SSSR count). The first-order valence-electron chi connectivity index (χ1n) is 13.0. The van der Waals surface area contributed by atoms with Crippen LogP contribution in [0.3, 0.4) is 0 Å². The van der Waals surface area contributed by atoms with Crippen LogP contribution in [0.4, 0.5) is 0 Å². The van der Waals surface area contributed by atoms with Gasteiger partial charge in [0.05, 0.1) is 0 Å². The van der Waals surface area contributed by atoms with Crippen molar-refractivity contribution in [1.29, 1.82) is 0 Å². The van der Waals surface area contributed by atoms with Gasteiger partial charge >= 0.3 is 0 Å². The molecule has 3 aromatic heterocycles. The molecule has 2 aliphatic heterocycles. The number of nitrogens with zero attached hydrogens (tertiary/aromatic N) is 6. The zero-order valence-electron chi connectivity index (χ0n) is 21.2. The van der Waals surface area contributed by atoms with E-state index >= 15 is 0 Å². The van der Waals surface area contributed by atoms with Gasteiger partial charge in [-0.1, -0.05) is 97.1 Å². The Kier molecular flexibility index (Phi) is 5.48. The van der Waals surface area contributed by atoms with Gasteiger partial charge in [0.2, 0.25) is 0 Å². The standard InChI is InChI=1S/C32H18N8.Lu/c1-2-10-18-17(9-1)25-33-26(18)38-28-21-13-5-6-14-22(21)30(35-28)40-32-24-16-8-7-15-23(24)31(36-32)39-29-20-12-4-3-11-19(20)27(34-29)37-25;/h1-16H,(H2,33,34,35,36,37,38,39,40);. The van der Waals surface area contributed by atoms with E-state index in [1.54, 1.807) is 0 Å². The molecule has 1 radical (unpaired) electrons. The Bertz CT molecular complexity index is 2030. The second-order valence-electron chi connectivity index (χ2n) is 9.79. The van der Waals surface area contributed by atoms with Gasteiger partial charge < -0.3 is 9.97 Å². The predicted octanol–water partition coefficient (Wildman–Crippen LogP) is 6.87. The van der Waals surface area contributed by atoms with Crippen molar-refractivity contribution in [2.75, 3.05) is 0 Å². The summed E-state index contributed by atoms with van der Waals surface area (Å²) in [6, 6.07) is 32.2. The minimum atomic E-state index is 0. The summed E-state index contributed by atoms with van der Waals surface area (Å²) in [6.45, 7) is 0. The van der Waals surface area contributed by atoms with Gasteiger partial charge in [-0.2, -0.15) is 0 Å². The molecule has 8 nitrogen and oxygen atoms in total. The molecule has 41 heavy (non-hydrogen) atoms. The second-order valence-corrected chi connectivity index (χ2v) is 9.79. The van der Waals surface area contributed by atoms with Crippen LogP contribution in [0.25, 0.3) is 89.7 Å². The average molecular weight is 690 g/mol. The molecule has 4 aromatic carbocycles. The van der Waals surface area contributed by atoms with Gasteiger partial charge in [-0.05, 0) is 0 Å². The molecule has 2 aliphatic rings. The summed E-state index contributed by atoms with van der Waals surface area (Å²) in [7, 11) is 0. The fourth-order valence-electron chi connectivity index (χ4n) is 5.59. The van der Waals surface area contributed by atoms with Gasteiger partial charge in [-0.25, -0.2) is 29.9 Å². The van der Waals surface area contributed by atoms with Gasteiger partial charge in [-0.15, -0.1) is 0 Å². The van der Waals surface area contributed by atoms with E-state index in [4.69, 9.17) is 29.9 Å². The molecule has 5 heterocycles. The van der Waals surface area contributed by atoms with Crippen molar-refractivity contribution in [1.82, 2.24) is 39.9 Å². The Hall–Kier alpha value is -4.53. The molecule has 2 N–H and O–H groups in total. The van der Waals surface area contributed by atoms with E-state index in [1.807, 2.05) is 97.1 Å². The fourth-order valence-corrected chi connectivity index (χ4v) is 5.59. The summed E-state index contributed by atoms with van der Waals surface area (Å²) in [5, 5.41) is 3.82. The van der Waals surface area contributed by atoms with Crippen LogP contribution in [0.5, 0.6) is 0 Å². The number of hydrogen-bond donors (Lipinski definition) is 2. The number of rotatable bonds is 0. The van der Waals surface area contributed by atoms with Crippen molar-refractivity contribution in [3.63, 3.8) is 0 Å². The van der Waals surface area contributed by atoms with Crippen LogP contribution in [0, 0.1) is 36.9 Å². The van der Waals surface area contributed by atoms with E-state index in [0.29, 0.717) is 45.9 Å². The molecule has 0 unspecified atom stereocenters. The molecule has 201 valence electrons. The normalized spacial score (nSPS) is 11.7. The van der Waals surface area contributed by atoms with Crippen molar-refractivity contribution in [3.8, 4) is 45.6 Å². The Labute approximate surface area is 261 Å². The van der Waals surface area contributed by atoms with Crippen LogP contribution in [0.1, 0.15) is 0 Å². The summed E-state index contributed by atoms with van der Waals surface area (Å²) >= 11 is 0. The fraction of sp³-hybridized carbons (Fsp3) is 0. The van der Waals surface area contributed by atoms with Gasteiger partial charge in [0.25, 0.3) is 0 Å². The molecule has 8 bridgehead atoms. The van der Waals surface area contributed by atoms with E-state index in [9.17, 15) is 0 Å². The summed E-state index contributed by atoms with van der Waals surface area (Å²) in [5.41, 5.74) is 6.45. The molecule has 0 saturated carbocycles. The average Bonchev–Trinajstić information content (AvgIpc) is 3.73. The minimum Gasteiger partial charge on any atom is -0.324 e. The van der Waals surface area contributed by atoms with Gasteiger partial charge in [0, 0.05) is 80.7 Å². The third-order valence-electron chi connectivity index (χ3n) is 7.46. The number of fused-ring (bicyclic) bond motifs is 20. The molecule has 0 fully saturated rings. The number of aromatic nitrogens is 8. The topological polar surface area (TPSA) is 109 Å². The van der Waals surface area contributed by atoms with Crippen molar-refractivity contribution in [3.05, 3.63) is 97.1 Å². The number of aromatic amines is 2. The summed E-state index contributed by atoms with van der Waals surface area (Å²) in [6.07, 6.45) is 0. The van der Waals surface area contributed by atoms with Crippen molar-refractivity contribution in [2.45, 2.75) is 0 Å². The molecular weight excluding hydrogens is 671 g/mol. The van der Waals surface area contributed by atoms with Crippen LogP contribution < -0.4 is 0 Å². The van der Waals surface area contributed by atoms with E-state index in [1.165, 1.54) is 0 Å². The second kappa shape index (κ2) is 9.26. The molecule has 0 aliphatic carbocycles. The van der Waals surface area contributed by atoms with Crippen LogP contribution in [0.15, 0.2) is 97.1 Å². The van der Waals surface area contributed by atoms with Crippen LogP contribution in [-0.2, 0) is 0 Å². The number of hydrogen-bond acceptors (Lipinski definition) is 6. The monoisotopic (exact) mass is 689 g/mol. The maximum absolute atomic E-state index is 5.02. The first-order valence-corrected chi connectivity index (χ1v) is 13.0. The zero-order chi connectivity index (χ0) is 26.2. The molecule has 9 heteroatoms. The quantitative estimate of drug-likeness (QED) is 0.180. The minimum absolute atomic E-state index is 0. The molecule has 0 amide bonds. The predicted molar refractivity (Wildman–Crippen MR) is 156 cm³/mol. The van der Waals surface area contributed by atoms with E-state index in [0.717, 1.165) is 43.8 Å². The summed E-state index contributed by atoms with van der Waals surface area (Å²) < 4.78 is 0. The Morgan fingerprint density at radius 1 is 0.317 bits per heavy atom. The number of H-pyrrole nitrogens is 2. The van der Waals surface area contributed by atoms with Crippen molar-refractivity contribution < 1.29 is 36.9 Å². The zero-order valence-corrected chi connectivity index (χ0v) is 22.8. The van der Waals surface area contributed by atoms with Gasteiger partial charge in [0.15, 0.2) is 23.3 Å². The Morgan fingerprint density at radius 2 is 0.561 bits per heavy atom. The third-order valence-corrected chi connectivity index (χ3v) is 7.46. The third kappa shape index (κ3) is 3.71. The van der Waals surface area contributed by atoms with Crippen LogP contribution >= 0.6 is 0 Å². The SMILES string of the molecule is [Lu].c1ccc2c(c1)-c1nc-2nc2[nH]c(nc3nc(nc4[nH]c(n1)c1ccccc41)-c1ccccc1-3)c1ccccc21. The van der Waals surface area contributed by atoms with Gasteiger partial charge in [-0.3, -0.25) is 0 Å². The van der Waals surface area contributed by atoms with E-state index in [-0.39, 0.29) is 36.9 Å². The van der Waals surface area contributed by atoms with E-state index < -0.39 is 0 Å². The molecule has 0 spiro atoms. The summed E-state index contributed by atoms with van der Waals surface area (Å²) in [4.78, 5) is 36.8. The maximum atomic E-state index is 5.02. The van der Waals surface area contributed by atoms with E-state index in [2.05, 4.69) is 9.97 Å². The smallest absolute Gasteiger partial charge is 0.164 e. The Morgan fingerprint density at radius 3 is 0.829 bits per heavy atom. The largest absolute Gasteiger partial charge is 0.324 e.